The summed E-state index contributed by atoms with van der Waals surface area (Å²) in [4.78, 5) is 25.5. The minimum Gasteiger partial charge on any atom is -0.481 e. The molecule has 1 saturated heterocycles. The number of hydrogen-bond acceptors (Lipinski definition) is 8. The third kappa shape index (κ3) is 21.6. The fourth-order valence-corrected chi connectivity index (χ4v) is 6.02. The smallest absolute Gasteiger partial charge is 0.481 e. The average Bonchev–Trinajstić information content (AvgIpc) is 3.33. The molecule has 1 fully saturated rings. The summed E-state index contributed by atoms with van der Waals surface area (Å²) >= 11 is 0. The van der Waals surface area contributed by atoms with Crippen LogP contribution in [0.4, 0.5) is 14.6 Å². The first kappa shape index (κ1) is 43.0. The first-order chi connectivity index (χ1) is 22.6. The lowest BCUT2D eigenvalue weighted by Crippen LogP contribution is -2.35. The number of carboxylic acids is 1. The summed E-state index contributed by atoms with van der Waals surface area (Å²) in [7, 11) is -2.42. The van der Waals surface area contributed by atoms with Crippen molar-refractivity contribution in [2.45, 2.75) is 173 Å². The van der Waals surface area contributed by atoms with Crippen LogP contribution < -0.4 is 11.4 Å². The van der Waals surface area contributed by atoms with Gasteiger partial charge in [-0.3, -0.25) is 9.36 Å². The normalized spacial score (nSPS) is 17.3. The van der Waals surface area contributed by atoms with Crippen LogP contribution in [0, 0.1) is 0 Å². The van der Waals surface area contributed by atoms with Crippen molar-refractivity contribution in [2.24, 2.45) is 0 Å². The molecule has 47 heavy (non-hydrogen) atoms. The number of nitrogens with two attached hydrogens (primary N) is 1. The van der Waals surface area contributed by atoms with E-state index in [-0.39, 0.29) is 12.4 Å². The lowest BCUT2D eigenvalue weighted by atomic mass is 10.1. The first-order valence-corrected chi connectivity index (χ1v) is 19.0. The molecular weight excluding hydrogens is 631 g/mol. The van der Waals surface area contributed by atoms with Gasteiger partial charge in [0.2, 0.25) is 6.23 Å². The van der Waals surface area contributed by atoms with Crippen molar-refractivity contribution in [2.75, 3.05) is 18.9 Å². The number of carboxylic acid groups (broad SMARTS) is 1. The maximum absolute atomic E-state index is 14.3. The van der Waals surface area contributed by atoms with Crippen molar-refractivity contribution in [1.82, 2.24) is 9.55 Å². The van der Waals surface area contributed by atoms with Crippen LogP contribution in [-0.2, 0) is 23.1 Å². The molecule has 3 unspecified atom stereocenters. The lowest BCUT2D eigenvalue weighted by molar-refractivity contribution is -0.137. The van der Waals surface area contributed by atoms with Gasteiger partial charge in [0.1, 0.15) is 19.0 Å². The Bertz CT molecular complexity index is 1030. The van der Waals surface area contributed by atoms with Crippen LogP contribution in [0.3, 0.4) is 0 Å². The van der Waals surface area contributed by atoms with E-state index in [4.69, 9.17) is 24.6 Å². The number of ether oxygens (including phenoxy) is 1. The Morgan fingerprint density at radius 2 is 1.40 bits per heavy atom. The molecular formula is C34H61F2N3O7P+. The van der Waals surface area contributed by atoms with E-state index in [2.05, 4.69) is 18.8 Å². The summed E-state index contributed by atoms with van der Waals surface area (Å²) in [6.45, 7) is 4.42. The highest BCUT2D eigenvalue weighted by Gasteiger charge is 2.52. The molecule has 0 spiro atoms. The van der Waals surface area contributed by atoms with E-state index in [0.717, 1.165) is 38.3 Å². The molecule has 0 saturated carbocycles. The molecule has 10 nitrogen and oxygen atoms in total. The van der Waals surface area contributed by atoms with Gasteiger partial charge in [-0.15, -0.1) is 9.05 Å². The maximum atomic E-state index is 14.3. The Balaban J connectivity index is 0.000000620. The van der Waals surface area contributed by atoms with E-state index >= 15 is 0 Å². The zero-order valence-electron chi connectivity index (χ0n) is 28.9. The molecule has 2 heterocycles. The molecule has 0 aromatic carbocycles. The zero-order valence-corrected chi connectivity index (χ0v) is 29.7. The molecule has 1 aromatic heterocycles. The van der Waals surface area contributed by atoms with Crippen LogP contribution in [0.2, 0.25) is 0 Å². The van der Waals surface area contributed by atoms with Gasteiger partial charge in [0.05, 0.1) is 6.10 Å². The number of aromatic nitrogens is 2. The minimum atomic E-state index is -3.31. The zero-order chi connectivity index (χ0) is 34.8. The summed E-state index contributed by atoms with van der Waals surface area (Å²) in [5.74, 6) is -4.03. The van der Waals surface area contributed by atoms with Gasteiger partial charge in [-0.2, -0.15) is 4.98 Å². The summed E-state index contributed by atoms with van der Waals surface area (Å²) in [6.07, 6.45) is 22.3. The third-order valence-corrected chi connectivity index (χ3v) is 8.84. The second-order valence-electron chi connectivity index (χ2n) is 12.5. The molecule has 0 radical (unpaired) electrons. The van der Waals surface area contributed by atoms with E-state index in [1.54, 1.807) is 0 Å². The van der Waals surface area contributed by atoms with Crippen LogP contribution in [0.15, 0.2) is 17.1 Å². The average molecular weight is 693 g/mol. The molecule has 3 atom stereocenters. The molecule has 13 heteroatoms. The fourth-order valence-electron chi connectivity index (χ4n) is 5.38. The van der Waals surface area contributed by atoms with Crippen LogP contribution in [-0.4, -0.2) is 45.9 Å². The SMILES string of the molecule is CCCCCCCCCCCCC(=O)O.CCCCCCCCCCCCO[P+](=O)OCC1CC(F)(F)C(n2ccc(N)nc2=O)O1. The molecule has 1 aliphatic heterocycles. The van der Waals surface area contributed by atoms with Gasteiger partial charge in [-0.25, -0.2) is 13.6 Å². The number of halogens is 2. The number of carbonyl (C=O) groups is 1. The van der Waals surface area contributed by atoms with Crippen LogP contribution >= 0.6 is 8.25 Å². The summed E-state index contributed by atoms with van der Waals surface area (Å²) < 4.78 is 56.6. The van der Waals surface area contributed by atoms with Crippen molar-refractivity contribution in [1.29, 1.82) is 0 Å². The van der Waals surface area contributed by atoms with Crippen molar-refractivity contribution >= 4 is 20.0 Å². The Labute approximate surface area is 281 Å². The van der Waals surface area contributed by atoms with Crippen molar-refractivity contribution in [3.8, 4) is 0 Å². The second kappa shape index (κ2) is 26.9. The number of nitrogens with zero attached hydrogens (tertiary/aromatic N) is 2. The molecule has 0 bridgehead atoms. The van der Waals surface area contributed by atoms with E-state index in [1.807, 2.05) is 0 Å². The van der Waals surface area contributed by atoms with Crippen LogP contribution in [0.1, 0.15) is 161 Å². The van der Waals surface area contributed by atoms with Gasteiger partial charge >= 0.3 is 19.9 Å². The van der Waals surface area contributed by atoms with E-state index < -0.39 is 44.6 Å². The topological polar surface area (TPSA) is 143 Å². The first-order valence-electron chi connectivity index (χ1n) is 17.9. The maximum Gasteiger partial charge on any atom is 0.697 e. The lowest BCUT2D eigenvalue weighted by Gasteiger charge is -2.19. The monoisotopic (exact) mass is 692 g/mol. The number of hydrogen-bond donors (Lipinski definition) is 2. The van der Waals surface area contributed by atoms with Crippen molar-refractivity contribution in [3.63, 3.8) is 0 Å². The van der Waals surface area contributed by atoms with Crippen LogP contribution in [0.25, 0.3) is 0 Å². The van der Waals surface area contributed by atoms with Gasteiger partial charge in [-0.05, 0) is 18.9 Å². The quantitative estimate of drug-likeness (QED) is 0.0680. The Hall–Kier alpha value is -2.01. The number of unbranched alkanes of at least 4 members (excludes halogenated alkanes) is 18. The predicted molar refractivity (Wildman–Crippen MR) is 182 cm³/mol. The Morgan fingerprint density at radius 3 is 1.89 bits per heavy atom. The molecule has 3 N–H and O–H groups in total. The van der Waals surface area contributed by atoms with Crippen LogP contribution in [0.5, 0.6) is 0 Å². The van der Waals surface area contributed by atoms with Gasteiger partial charge in [0, 0.05) is 23.6 Å². The van der Waals surface area contributed by atoms with E-state index in [0.29, 0.717) is 17.6 Å². The molecule has 1 aromatic rings. The molecule has 1 aliphatic rings. The number of nitrogen functional groups attached to an aromatic ring is 1. The highest BCUT2D eigenvalue weighted by molar-refractivity contribution is 7.33. The van der Waals surface area contributed by atoms with Crippen molar-refractivity contribution in [3.05, 3.63) is 22.7 Å². The molecule has 2 rings (SSSR count). The summed E-state index contributed by atoms with van der Waals surface area (Å²) in [5.41, 5.74) is 4.45. The number of alkyl halides is 2. The molecule has 0 amide bonds. The van der Waals surface area contributed by atoms with E-state index in [9.17, 15) is 22.9 Å². The predicted octanol–water partition coefficient (Wildman–Crippen LogP) is 9.74. The number of anilines is 1. The van der Waals surface area contributed by atoms with Gasteiger partial charge < -0.3 is 15.6 Å². The molecule has 0 aliphatic carbocycles. The highest BCUT2D eigenvalue weighted by Crippen LogP contribution is 2.42. The van der Waals surface area contributed by atoms with E-state index in [1.165, 1.54) is 102 Å². The number of aliphatic carboxylic acids is 1. The fraction of sp³-hybridized carbons (Fsp3) is 0.853. The third-order valence-electron chi connectivity index (χ3n) is 8.09. The highest BCUT2D eigenvalue weighted by atomic mass is 31.1. The molecule has 272 valence electrons. The van der Waals surface area contributed by atoms with Crippen molar-refractivity contribution < 1.29 is 37.0 Å². The van der Waals surface area contributed by atoms with Gasteiger partial charge in [0.15, 0.2) is 0 Å². The largest absolute Gasteiger partial charge is 0.697 e. The standard InChI is InChI=1S/C21H34F2N3O5P.C13H26O2/c1-2-3-4-5-6-7-8-9-10-11-14-29-32(28)30-16-17-15-21(22,23)19(31-17)26-13-12-18(24)25-20(26)27;1-2-3-4-5-6-7-8-9-10-11-12-13(14)15/h12-13,17,19H,2-11,14-16H2,1H3,(H-,24,25,27);2-12H2,1H3,(H,14,15)/p+1. The number of rotatable bonds is 27. The Kier molecular flexibility index (Phi) is 24.6. The van der Waals surface area contributed by atoms with Gasteiger partial charge in [0.25, 0.3) is 5.92 Å². The minimum absolute atomic E-state index is 0.0657. The summed E-state index contributed by atoms with van der Waals surface area (Å²) in [5, 5.41) is 8.44. The second-order valence-corrected chi connectivity index (χ2v) is 13.4. The summed E-state index contributed by atoms with van der Waals surface area (Å²) in [6, 6.07) is 1.24. The van der Waals surface area contributed by atoms with Gasteiger partial charge in [-0.1, -0.05) is 129 Å². The Morgan fingerprint density at radius 1 is 0.915 bits per heavy atom.